The summed E-state index contributed by atoms with van der Waals surface area (Å²) in [4.78, 5) is 2.64. The largest absolute Gasteiger partial charge is 0.385 e. The van der Waals surface area contributed by atoms with E-state index in [1.807, 2.05) is 0 Å². The lowest BCUT2D eigenvalue weighted by molar-refractivity contribution is 0.277. The van der Waals surface area contributed by atoms with Gasteiger partial charge in [-0.3, -0.25) is 4.90 Å². The molecule has 0 unspecified atom stereocenters. The van der Waals surface area contributed by atoms with Crippen LogP contribution in [0.1, 0.15) is 43.2 Å². The number of aryl methyl sites for hydroxylation is 1. The molecule has 0 aliphatic carbocycles. The Morgan fingerprint density at radius 3 is 2.67 bits per heavy atom. The summed E-state index contributed by atoms with van der Waals surface area (Å²) in [5.41, 5.74) is 4.47. The van der Waals surface area contributed by atoms with E-state index in [0.29, 0.717) is 0 Å². The van der Waals surface area contributed by atoms with Crippen LogP contribution in [0.3, 0.4) is 0 Å². The number of nitrogens with one attached hydrogen (secondary N) is 1. The first-order chi connectivity index (χ1) is 8.93. The number of hydrogen-bond acceptors (Lipinski definition) is 2. The maximum absolute atomic E-state index is 3.61. The highest BCUT2D eigenvalue weighted by Gasteiger charge is 2.15. The van der Waals surface area contributed by atoms with E-state index in [1.54, 1.807) is 0 Å². The number of likely N-dealkylation sites (tertiary alicyclic amines) is 1. The van der Waals surface area contributed by atoms with Crippen LogP contribution in [0.5, 0.6) is 0 Å². The normalized spacial score (nSPS) is 20.9. The molecule has 1 fully saturated rings. The smallest absolute Gasteiger partial charge is 0.0418 e. The minimum absolute atomic E-state index is 1.14. The van der Waals surface area contributed by atoms with Crippen molar-refractivity contribution in [3.8, 4) is 0 Å². The quantitative estimate of drug-likeness (QED) is 0.857. The molecular weight excluding hydrogens is 220 g/mol. The zero-order valence-electron chi connectivity index (χ0n) is 11.3. The monoisotopic (exact) mass is 244 g/mol. The number of fused-ring (bicyclic) bond motifs is 1. The number of hydrogen-bond donors (Lipinski definition) is 1. The van der Waals surface area contributed by atoms with Crippen LogP contribution in [0.4, 0.5) is 5.69 Å². The molecule has 2 heteroatoms. The van der Waals surface area contributed by atoms with Crippen LogP contribution < -0.4 is 5.32 Å². The molecule has 18 heavy (non-hydrogen) atoms. The second-order valence-electron chi connectivity index (χ2n) is 5.67. The molecule has 3 rings (SSSR count). The first-order valence-electron chi connectivity index (χ1n) is 7.50. The van der Waals surface area contributed by atoms with Crippen LogP contribution in [0.25, 0.3) is 0 Å². The van der Waals surface area contributed by atoms with Crippen LogP contribution in [-0.4, -0.2) is 24.5 Å². The maximum Gasteiger partial charge on any atom is 0.0418 e. The van der Waals surface area contributed by atoms with E-state index < -0.39 is 0 Å². The van der Waals surface area contributed by atoms with Crippen molar-refractivity contribution in [2.75, 3.05) is 25.0 Å². The van der Waals surface area contributed by atoms with Gasteiger partial charge in [0.15, 0.2) is 0 Å². The fourth-order valence-corrected chi connectivity index (χ4v) is 3.25. The van der Waals surface area contributed by atoms with Crippen molar-refractivity contribution in [1.82, 2.24) is 4.90 Å². The van der Waals surface area contributed by atoms with Gasteiger partial charge in [-0.15, -0.1) is 0 Å². The molecule has 1 saturated heterocycles. The molecule has 0 radical (unpaired) electrons. The zero-order chi connectivity index (χ0) is 12.2. The van der Waals surface area contributed by atoms with Gasteiger partial charge in [-0.25, -0.2) is 0 Å². The maximum atomic E-state index is 3.61. The van der Waals surface area contributed by atoms with E-state index in [0.717, 1.165) is 13.1 Å². The second kappa shape index (κ2) is 5.75. The van der Waals surface area contributed by atoms with Gasteiger partial charge in [-0.05, 0) is 49.9 Å². The highest BCUT2D eigenvalue weighted by molar-refractivity contribution is 5.59. The Morgan fingerprint density at radius 2 is 1.83 bits per heavy atom. The lowest BCUT2D eigenvalue weighted by Crippen LogP contribution is -2.25. The summed E-state index contributed by atoms with van der Waals surface area (Å²) in [6.45, 7) is 4.84. The van der Waals surface area contributed by atoms with Crippen LogP contribution in [-0.2, 0) is 13.0 Å². The molecule has 2 nitrogen and oxygen atoms in total. The predicted octanol–water partition coefficient (Wildman–Crippen LogP) is 3.42. The summed E-state index contributed by atoms with van der Waals surface area (Å²) in [5.74, 6) is 0. The molecule has 2 aliphatic rings. The number of para-hydroxylation sites is 1. The molecular formula is C16H24N2. The van der Waals surface area contributed by atoms with E-state index in [9.17, 15) is 0 Å². The van der Waals surface area contributed by atoms with E-state index in [2.05, 4.69) is 28.4 Å². The van der Waals surface area contributed by atoms with Crippen molar-refractivity contribution in [3.05, 3.63) is 29.3 Å². The minimum Gasteiger partial charge on any atom is -0.385 e. The average molecular weight is 244 g/mol. The van der Waals surface area contributed by atoms with Crippen molar-refractivity contribution >= 4 is 5.69 Å². The predicted molar refractivity (Wildman–Crippen MR) is 77.0 cm³/mol. The summed E-state index contributed by atoms with van der Waals surface area (Å²) in [5, 5.41) is 3.61. The molecule has 0 bridgehead atoms. The zero-order valence-corrected chi connectivity index (χ0v) is 11.3. The highest BCUT2D eigenvalue weighted by Crippen LogP contribution is 2.27. The van der Waals surface area contributed by atoms with E-state index in [4.69, 9.17) is 0 Å². The van der Waals surface area contributed by atoms with Gasteiger partial charge in [0.1, 0.15) is 0 Å². The molecule has 0 aromatic heterocycles. The third-order valence-electron chi connectivity index (χ3n) is 4.25. The molecule has 2 aliphatic heterocycles. The molecule has 1 aromatic carbocycles. The van der Waals surface area contributed by atoms with Gasteiger partial charge >= 0.3 is 0 Å². The first-order valence-corrected chi connectivity index (χ1v) is 7.50. The Hall–Kier alpha value is -1.02. The van der Waals surface area contributed by atoms with Crippen molar-refractivity contribution in [2.45, 2.75) is 45.1 Å². The third kappa shape index (κ3) is 2.69. The third-order valence-corrected chi connectivity index (χ3v) is 4.25. The number of nitrogens with zero attached hydrogens (tertiary/aromatic N) is 1. The Balaban J connectivity index is 1.75. The molecule has 0 spiro atoms. The van der Waals surface area contributed by atoms with Gasteiger partial charge in [-0.2, -0.15) is 0 Å². The van der Waals surface area contributed by atoms with Gasteiger partial charge in [0.25, 0.3) is 0 Å². The topological polar surface area (TPSA) is 15.3 Å². The van der Waals surface area contributed by atoms with Gasteiger partial charge < -0.3 is 5.32 Å². The van der Waals surface area contributed by atoms with Crippen molar-refractivity contribution in [1.29, 1.82) is 0 Å². The molecule has 0 amide bonds. The minimum atomic E-state index is 1.14. The standard InChI is InChI=1S/C16H24N2/c1-2-4-12-18(11-3-1)13-15-8-5-7-14-9-6-10-17-16(14)15/h5,7-8,17H,1-4,6,9-13H2. The van der Waals surface area contributed by atoms with Crippen molar-refractivity contribution in [3.63, 3.8) is 0 Å². The number of rotatable bonds is 2. The number of benzene rings is 1. The van der Waals surface area contributed by atoms with Crippen LogP contribution in [0.15, 0.2) is 18.2 Å². The number of anilines is 1. The lowest BCUT2D eigenvalue weighted by Gasteiger charge is -2.25. The molecule has 0 atom stereocenters. The van der Waals surface area contributed by atoms with Gasteiger partial charge in [0.05, 0.1) is 0 Å². The molecule has 0 saturated carbocycles. The van der Waals surface area contributed by atoms with Crippen LogP contribution >= 0.6 is 0 Å². The van der Waals surface area contributed by atoms with Crippen LogP contribution in [0, 0.1) is 0 Å². The van der Waals surface area contributed by atoms with E-state index >= 15 is 0 Å². The highest BCUT2D eigenvalue weighted by atomic mass is 15.1. The van der Waals surface area contributed by atoms with Gasteiger partial charge in [0.2, 0.25) is 0 Å². The Kier molecular flexibility index (Phi) is 3.84. The van der Waals surface area contributed by atoms with E-state index in [-0.39, 0.29) is 0 Å². The Labute approximate surface area is 110 Å². The summed E-state index contributed by atoms with van der Waals surface area (Å²) in [6.07, 6.45) is 8.12. The molecule has 1 aromatic rings. The summed E-state index contributed by atoms with van der Waals surface area (Å²) in [6, 6.07) is 6.83. The fourth-order valence-electron chi connectivity index (χ4n) is 3.25. The lowest BCUT2D eigenvalue weighted by atomic mass is 9.99. The summed E-state index contributed by atoms with van der Waals surface area (Å²) >= 11 is 0. The molecule has 2 heterocycles. The van der Waals surface area contributed by atoms with Gasteiger partial charge in [-0.1, -0.05) is 31.0 Å². The molecule has 98 valence electrons. The van der Waals surface area contributed by atoms with E-state index in [1.165, 1.54) is 68.4 Å². The van der Waals surface area contributed by atoms with Gasteiger partial charge in [0, 0.05) is 18.8 Å². The van der Waals surface area contributed by atoms with Crippen molar-refractivity contribution < 1.29 is 0 Å². The van der Waals surface area contributed by atoms with Crippen molar-refractivity contribution in [2.24, 2.45) is 0 Å². The average Bonchev–Trinajstić information content (AvgIpc) is 2.68. The summed E-state index contributed by atoms with van der Waals surface area (Å²) < 4.78 is 0. The summed E-state index contributed by atoms with van der Waals surface area (Å²) in [7, 11) is 0. The first kappa shape index (κ1) is 12.0. The molecule has 1 N–H and O–H groups in total. The Bertz CT molecular complexity index is 392. The Morgan fingerprint density at radius 1 is 1.00 bits per heavy atom. The fraction of sp³-hybridized carbons (Fsp3) is 0.625. The van der Waals surface area contributed by atoms with Crippen LogP contribution in [0.2, 0.25) is 0 Å². The second-order valence-corrected chi connectivity index (χ2v) is 5.67. The SMILES string of the molecule is c1cc2c(c(CN3CCCCCC3)c1)NCCC2.